The lowest BCUT2D eigenvalue weighted by atomic mass is 10.00. The molecule has 1 aromatic carbocycles. The molecule has 13 heavy (non-hydrogen) atoms. The number of aryl methyl sites for hydroxylation is 2. The summed E-state index contributed by atoms with van der Waals surface area (Å²) in [6.45, 7) is 6.08. The molecule has 72 valence electrons. The van der Waals surface area contributed by atoms with Crippen LogP contribution in [0.3, 0.4) is 0 Å². The van der Waals surface area contributed by atoms with Crippen LogP contribution >= 0.6 is 0 Å². The molecule has 2 N–H and O–H groups in total. The van der Waals surface area contributed by atoms with Crippen molar-refractivity contribution in [1.29, 1.82) is 0 Å². The second-order valence-corrected chi connectivity index (χ2v) is 3.47. The van der Waals surface area contributed by atoms with Crippen LogP contribution < -0.4 is 10.5 Å². The quantitative estimate of drug-likeness (QED) is 0.756. The highest BCUT2D eigenvalue weighted by atomic mass is 16.5. The number of hydrogen-bond acceptors (Lipinski definition) is 2. The molecule has 0 aliphatic carbocycles. The fourth-order valence-corrected chi connectivity index (χ4v) is 1.52. The Hall–Kier alpha value is -1.02. The van der Waals surface area contributed by atoms with Gasteiger partial charge in [-0.05, 0) is 43.5 Å². The normalized spacial score (nSPS) is 12.7. The van der Waals surface area contributed by atoms with Crippen LogP contribution in [0.4, 0.5) is 0 Å². The minimum Gasteiger partial charge on any atom is -0.496 e. The van der Waals surface area contributed by atoms with Crippen LogP contribution in [0.2, 0.25) is 0 Å². The Labute approximate surface area is 79.7 Å². The minimum absolute atomic E-state index is 0.0876. The van der Waals surface area contributed by atoms with Crippen LogP contribution in [0.25, 0.3) is 0 Å². The number of hydrogen-bond donors (Lipinski definition) is 1. The van der Waals surface area contributed by atoms with Crippen molar-refractivity contribution in [2.75, 3.05) is 7.11 Å². The van der Waals surface area contributed by atoms with Gasteiger partial charge in [0.2, 0.25) is 0 Å². The molecule has 0 saturated carbocycles. The Bertz CT molecular complexity index is 305. The molecule has 1 atom stereocenters. The van der Waals surface area contributed by atoms with E-state index in [0.29, 0.717) is 0 Å². The zero-order chi connectivity index (χ0) is 10.0. The number of rotatable bonds is 2. The van der Waals surface area contributed by atoms with Gasteiger partial charge in [0, 0.05) is 6.04 Å². The Balaban J connectivity index is 3.20. The molecular formula is C11H17NO. The van der Waals surface area contributed by atoms with Gasteiger partial charge in [0.25, 0.3) is 0 Å². The summed E-state index contributed by atoms with van der Waals surface area (Å²) in [4.78, 5) is 0. The standard InChI is InChI=1S/C11H17NO/c1-7-6-11(13-4)8(2)5-10(7)9(3)12/h5-6,9H,12H2,1-4H3/t9-/m0/s1. The lowest BCUT2D eigenvalue weighted by Crippen LogP contribution is -2.07. The molecule has 0 bridgehead atoms. The summed E-state index contributed by atoms with van der Waals surface area (Å²) >= 11 is 0. The van der Waals surface area contributed by atoms with E-state index in [2.05, 4.69) is 13.0 Å². The highest BCUT2D eigenvalue weighted by molar-refractivity contribution is 5.42. The van der Waals surface area contributed by atoms with Gasteiger partial charge >= 0.3 is 0 Å². The number of benzene rings is 1. The maximum Gasteiger partial charge on any atom is 0.122 e. The molecule has 0 amide bonds. The molecule has 0 aliphatic heterocycles. The predicted octanol–water partition coefficient (Wildman–Crippen LogP) is 2.33. The van der Waals surface area contributed by atoms with Crippen molar-refractivity contribution >= 4 is 0 Å². The second-order valence-electron chi connectivity index (χ2n) is 3.47. The maximum absolute atomic E-state index is 5.83. The average molecular weight is 179 g/mol. The third kappa shape index (κ3) is 2.01. The molecule has 1 aromatic rings. The van der Waals surface area contributed by atoms with Crippen molar-refractivity contribution in [2.45, 2.75) is 26.8 Å². The third-order valence-corrected chi connectivity index (χ3v) is 2.27. The first-order valence-electron chi connectivity index (χ1n) is 4.47. The van der Waals surface area contributed by atoms with Crippen molar-refractivity contribution in [3.8, 4) is 5.75 Å². The monoisotopic (exact) mass is 179 g/mol. The van der Waals surface area contributed by atoms with E-state index in [4.69, 9.17) is 10.5 Å². The summed E-state index contributed by atoms with van der Waals surface area (Å²) in [5.74, 6) is 0.932. The lowest BCUT2D eigenvalue weighted by Gasteiger charge is -2.13. The van der Waals surface area contributed by atoms with Gasteiger partial charge in [-0.25, -0.2) is 0 Å². The van der Waals surface area contributed by atoms with Crippen molar-refractivity contribution < 1.29 is 4.74 Å². The van der Waals surface area contributed by atoms with Crippen LogP contribution in [0.1, 0.15) is 29.7 Å². The van der Waals surface area contributed by atoms with E-state index >= 15 is 0 Å². The van der Waals surface area contributed by atoms with Gasteiger partial charge < -0.3 is 10.5 Å². The van der Waals surface area contributed by atoms with E-state index in [1.54, 1.807) is 7.11 Å². The first-order valence-corrected chi connectivity index (χ1v) is 4.47. The molecule has 0 fully saturated rings. The smallest absolute Gasteiger partial charge is 0.122 e. The van der Waals surface area contributed by atoms with Gasteiger partial charge in [-0.1, -0.05) is 6.07 Å². The summed E-state index contributed by atoms with van der Waals surface area (Å²) in [5, 5.41) is 0. The highest BCUT2D eigenvalue weighted by Crippen LogP contribution is 2.25. The summed E-state index contributed by atoms with van der Waals surface area (Å²) in [6, 6.07) is 4.22. The van der Waals surface area contributed by atoms with Crippen molar-refractivity contribution in [3.05, 3.63) is 28.8 Å². The molecule has 0 saturated heterocycles. The van der Waals surface area contributed by atoms with E-state index in [-0.39, 0.29) is 6.04 Å². The fourth-order valence-electron chi connectivity index (χ4n) is 1.52. The molecule has 2 heteroatoms. The number of nitrogens with two attached hydrogens (primary N) is 1. The summed E-state index contributed by atoms with van der Waals surface area (Å²) in [6.07, 6.45) is 0. The molecule has 0 radical (unpaired) electrons. The largest absolute Gasteiger partial charge is 0.496 e. The Morgan fingerprint density at radius 1 is 1.23 bits per heavy atom. The lowest BCUT2D eigenvalue weighted by molar-refractivity contribution is 0.411. The van der Waals surface area contributed by atoms with Crippen LogP contribution in [-0.2, 0) is 0 Å². The van der Waals surface area contributed by atoms with Crippen molar-refractivity contribution in [2.24, 2.45) is 5.73 Å². The Kier molecular flexibility index (Phi) is 2.94. The minimum atomic E-state index is 0.0876. The third-order valence-electron chi connectivity index (χ3n) is 2.27. The summed E-state index contributed by atoms with van der Waals surface area (Å²) < 4.78 is 5.22. The van der Waals surface area contributed by atoms with Gasteiger partial charge in [-0.3, -0.25) is 0 Å². The molecule has 0 aromatic heterocycles. The van der Waals surface area contributed by atoms with Crippen LogP contribution in [0.15, 0.2) is 12.1 Å². The highest BCUT2D eigenvalue weighted by Gasteiger charge is 2.07. The summed E-state index contributed by atoms with van der Waals surface area (Å²) in [7, 11) is 1.69. The Morgan fingerprint density at radius 3 is 2.31 bits per heavy atom. The Morgan fingerprint density at radius 2 is 1.85 bits per heavy atom. The first kappa shape index (κ1) is 10.1. The van der Waals surface area contributed by atoms with Gasteiger partial charge in [-0.15, -0.1) is 0 Å². The second kappa shape index (κ2) is 3.79. The molecule has 2 nitrogen and oxygen atoms in total. The van der Waals surface area contributed by atoms with Gasteiger partial charge in [0.15, 0.2) is 0 Å². The molecular weight excluding hydrogens is 162 g/mol. The van der Waals surface area contributed by atoms with E-state index in [0.717, 1.165) is 11.3 Å². The van der Waals surface area contributed by atoms with Crippen molar-refractivity contribution in [3.63, 3.8) is 0 Å². The average Bonchev–Trinajstić information content (AvgIpc) is 2.07. The maximum atomic E-state index is 5.83. The van der Waals surface area contributed by atoms with Crippen LogP contribution in [0.5, 0.6) is 5.75 Å². The topological polar surface area (TPSA) is 35.2 Å². The van der Waals surface area contributed by atoms with Crippen LogP contribution in [0, 0.1) is 13.8 Å². The predicted molar refractivity (Wildman–Crippen MR) is 55.1 cm³/mol. The van der Waals surface area contributed by atoms with E-state index < -0.39 is 0 Å². The van der Waals surface area contributed by atoms with Crippen LogP contribution in [-0.4, -0.2) is 7.11 Å². The first-order chi connectivity index (χ1) is 6.06. The fraction of sp³-hybridized carbons (Fsp3) is 0.455. The van der Waals surface area contributed by atoms with Crippen molar-refractivity contribution in [1.82, 2.24) is 0 Å². The molecule has 0 unspecified atom stereocenters. The zero-order valence-corrected chi connectivity index (χ0v) is 8.72. The molecule has 0 heterocycles. The zero-order valence-electron chi connectivity index (χ0n) is 8.72. The van der Waals surface area contributed by atoms with Gasteiger partial charge in [0.05, 0.1) is 7.11 Å². The van der Waals surface area contributed by atoms with Gasteiger partial charge in [-0.2, -0.15) is 0 Å². The van der Waals surface area contributed by atoms with Gasteiger partial charge in [0.1, 0.15) is 5.75 Å². The molecule has 1 rings (SSSR count). The molecule has 0 spiro atoms. The van der Waals surface area contributed by atoms with E-state index in [1.165, 1.54) is 11.1 Å². The van der Waals surface area contributed by atoms with E-state index in [9.17, 15) is 0 Å². The number of methoxy groups -OCH3 is 1. The molecule has 0 aliphatic rings. The van der Waals surface area contributed by atoms with E-state index in [1.807, 2.05) is 19.9 Å². The number of ether oxygens (including phenoxy) is 1. The summed E-state index contributed by atoms with van der Waals surface area (Å²) in [5.41, 5.74) is 9.36. The SMILES string of the molecule is COc1cc(C)c([C@H](C)N)cc1C.